The van der Waals surface area contributed by atoms with Gasteiger partial charge < -0.3 is 14.8 Å². The van der Waals surface area contributed by atoms with E-state index in [0.29, 0.717) is 22.2 Å². The van der Waals surface area contributed by atoms with Gasteiger partial charge in [0.15, 0.2) is 0 Å². The quantitative estimate of drug-likeness (QED) is 0.910. The second-order valence-corrected chi connectivity index (χ2v) is 5.30. The lowest BCUT2D eigenvalue weighted by atomic mass is 10.1. The third-order valence-electron chi connectivity index (χ3n) is 3.23. The summed E-state index contributed by atoms with van der Waals surface area (Å²) < 4.78 is 10.4. The fourth-order valence-corrected chi connectivity index (χ4v) is 2.28. The zero-order valence-electron chi connectivity index (χ0n) is 12.8. The van der Waals surface area contributed by atoms with Gasteiger partial charge in [0.25, 0.3) is 0 Å². The molecule has 0 radical (unpaired) electrons. The Morgan fingerprint density at radius 2 is 1.73 bits per heavy atom. The Kier molecular flexibility index (Phi) is 5.28. The molecule has 0 spiro atoms. The molecule has 0 saturated heterocycles. The van der Waals surface area contributed by atoms with Crippen LogP contribution in [0.1, 0.15) is 11.1 Å². The molecule has 2 aromatic carbocycles. The number of rotatable bonds is 5. The Hall–Kier alpha value is -2.20. The molecule has 116 valence electrons. The van der Waals surface area contributed by atoms with Crippen LogP contribution >= 0.6 is 11.6 Å². The molecule has 0 atom stereocenters. The number of aryl methyl sites for hydroxylation is 1. The summed E-state index contributed by atoms with van der Waals surface area (Å²) in [6.45, 7) is 2.01. The zero-order valence-corrected chi connectivity index (χ0v) is 13.5. The number of nitrogens with one attached hydrogen (secondary N) is 1. The normalized spacial score (nSPS) is 10.2. The minimum atomic E-state index is -0.136. The molecule has 0 saturated carbocycles. The van der Waals surface area contributed by atoms with E-state index in [2.05, 4.69) is 5.32 Å². The van der Waals surface area contributed by atoms with Gasteiger partial charge in [-0.05, 0) is 18.6 Å². The van der Waals surface area contributed by atoms with Gasteiger partial charge in [-0.1, -0.05) is 41.4 Å². The van der Waals surface area contributed by atoms with Crippen molar-refractivity contribution in [2.45, 2.75) is 13.3 Å². The first-order chi connectivity index (χ1) is 10.5. The summed E-state index contributed by atoms with van der Waals surface area (Å²) in [4.78, 5) is 12.2. The van der Waals surface area contributed by atoms with Crippen molar-refractivity contribution < 1.29 is 14.3 Å². The topological polar surface area (TPSA) is 47.6 Å². The van der Waals surface area contributed by atoms with Crippen LogP contribution in [-0.2, 0) is 11.2 Å². The lowest BCUT2D eigenvalue weighted by molar-refractivity contribution is -0.115. The lowest BCUT2D eigenvalue weighted by Crippen LogP contribution is -2.15. The number of ether oxygens (including phenoxy) is 2. The van der Waals surface area contributed by atoms with Crippen molar-refractivity contribution in [3.63, 3.8) is 0 Å². The maximum atomic E-state index is 12.2. The van der Waals surface area contributed by atoms with Gasteiger partial charge in [0.1, 0.15) is 11.5 Å². The monoisotopic (exact) mass is 319 g/mol. The number of hydrogen-bond donors (Lipinski definition) is 1. The zero-order chi connectivity index (χ0) is 16.1. The summed E-state index contributed by atoms with van der Waals surface area (Å²) in [7, 11) is 3.05. The number of carbonyl (C=O) groups is 1. The minimum Gasteiger partial charge on any atom is -0.495 e. The Morgan fingerprint density at radius 1 is 1.09 bits per heavy atom. The lowest BCUT2D eigenvalue weighted by Gasteiger charge is -2.13. The van der Waals surface area contributed by atoms with Crippen LogP contribution in [-0.4, -0.2) is 20.1 Å². The van der Waals surface area contributed by atoms with Gasteiger partial charge in [-0.2, -0.15) is 0 Å². The summed E-state index contributed by atoms with van der Waals surface area (Å²) in [5, 5.41) is 3.22. The standard InChI is InChI=1S/C17H18ClNO3/c1-11-4-6-12(7-5-11)8-17(20)19-14-9-13(18)15(21-2)10-16(14)22-3/h4-7,9-10H,8H2,1-3H3,(H,19,20). The van der Waals surface area contributed by atoms with E-state index in [1.165, 1.54) is 14.2 Å². The number of benzene rings is 2. The van der Waals surface area contributed by atoms with E-state index in [9.17, 15) is 4.79 Å². The molecule has 4 nitrogen and oxygen atoms in total. The predicted octanol–water partition coefficient (Wildman–Crippen LogP) is 3.85. The molecule has 1 N–H and O–H groups in total. The molecule has 0 heterocycles. The molecule has 22 heavy (non-hydrogen) atoms. The van der Waals surface area contributed by atoms with Crippen molar-refractivity contribution in [1.82, 2.24) is 0 Å². The molecule has 1 amide bonds. The van der Waals surface area contributed by atoms with E-state index >= 15 is 0 Å². The summed E-state index contributed by atoms with van der Waals surface area (Å²) in [5.74, 6) is 0.858. The SMILES string of the molecule is COc1cc(OC)c(NC(=O)Cc2ccc(C)cc2)cc1Cl. The molecule has 2 aromatic rings. The molecule has 0 bridgehead atoms. The third-order valence-corrected chi connectivity index (χ3v) is 3.53. The Bertz CT molecular complexity index is 668. The van der Waals surface area contributed by atoms with Crippen molar-refractivity contribution in [1.29, 1.82) is 0 Å². The van der Waals surface area contributed by atoms with Gasteiger partial charge in [-0.15, -0.1) is 0 Å². The second-order valence-electron chi connectivity index (χ2n) is 4.90. The highest BCUT2D eigenvalue weighted by molar-refractivity contribution is 6.32. The van der Waals surface area contributed by atoms with Crippen molar-refractivity contribution in [3.05, 3.63) is 52.5 Å². The molecule has 0 unspecified atom stereocenters. The first kappa shape index (κ1) is 16.2. The largest absolute Gasteiger partial charge is 0.495 e. The van der Waals surface area contributed by atoms with Gasteiger partial charge in [0.2, 0.25) is 5.91 Å². The molecule has 5 heteroatoms. The number of hydrogen-bond acceptors (Lipinski definition) is 3. The Balaban J connectivity index is 2.14. The highest BCUT2D eigenvalue weighted by Gasteiger charge is 2.12. The maximum absolute atomic E-state index is 12.2. The van der Waals surface area contributed by atoms with Gasteiger partial charge in [0, 0.05) is 6.07 Å². The minimum absolute atomic E-state index is 0.136. The van der Waals surface area contributed by atoms with Crippen molar-refractivity contribution in [2.24, 2.45) is 0 Å². The predicted molar refractivity (Wildman–Crippen MR) is 88.1 cm³/mol. The van der Waals surface area contributed by atoms with E-state index < -0.39 is 0 Å². The Labute approximate surface area is 135 Å². The van der Waals surface area contributed by atoms with Gasteiger partial charge in [0.05, 0.1) is 31.4 Å². The van der Waals surface area contributed by atoms with Crippen LogP contribution in [0.3, 0.4) is 0 Å². The number of anilines is 1. The molecule has 0 aliphatic rings. The molecular weight excluding hydrogens is 302 g/mol. The summed E-state index contributed by atoms with van der Waals surface area (Å²) in [6, 6.07) is 11.1. The van der Waals surface area contributed by atoms with E-state index in [4.69, 9.17) is 21.1 Å². The summed E-state index contributed by atoms with van der Waals surface area (Å²) in [6.07, 6.45) is 0.285. The van der Waals surface area contributed by atoms with E-state index in [0.717, 1.165) is 11.1 Å². The van der Waals surface area contributed by atoms with Crippen LogP contribution < -0.4 is 14.8 Å². The average molecular weight is 320 g/mol. The maximum Gasteiger partial charge on any atom is 0.228 e. The Morgan fingerprint density at radius 3 is 2.32 bits per heavy atom. The fourth-order valence-electron chi connectivity index (χ4n) is 2.04. The first-order valence-electron chi connectivity index (χ1n) is 6.80. The highest BCUT2D eigenvalue weighted by Crippen LogP contribution is 2.35. The van der Waals surface area contributed by atoms with Crippen LogP contribution in [0.25, 0.3) is 0 Å². The van der Waals surface area contributed by atoms with E-state index in [-0.39, 0.29) is 12.3 Å². The molecule has 2 rings (SSSR count). The fraction of sp³-hybridized carbons (Fsp3) is 0.235. The van der Waals surface area contributed by atoms with Gasteiger partial charge >= 0.3 is 0 Å². The molecule has 0 aliphatic heterocycles. The van der Waals surface area contributed by atoms with Crippen LogP contribution in [0, 0.1) is 6.92 Å². The van der Waals surface area contributed by atoms with Gasteiger partial charge in [-0.25, -0.2) is 0 Å². The van der Waals surface area contributed by atoms with Crippen LogP contribution in [0.2, 0.25) is 5.02 Å². The number of methoxy groups -OCH3 is 2. The van der Waals surface area contributed by atoms with Crippen molar-refractivity contribution >= 4 is 23.2 Å². The van der Waals surface area contributed by atoms with E-state index in [1.54, 1.807) is 12.1 Å². The number of carbonyl (C=O) groups excluding carboxylic acids is 1. The van der Waals surface area contributed by atoms with Crippen molar-refractivity contribution in [3.8, 4) is 11.5 Å². The average Bonchev–Trinajstić information content (AvgIpc) is 2.50. The summed E-state index contributed by atoms with van der Waals surface area (Å²) in [5.41, 5.74) is 2.62. The van der Waals surface area contributed by atoms with Gasteiger partial charge in [-0.3, -0.25) is 4.79 Å². The van der Waals surface area contributed by atoms with Crippen LogP contribution in [0.15, 0.2) is 36.4 Å². The highest BCUT2D eigenvalue weighted by atomic mass is 35.5. The molecule has 0 aliphatic carbocycles. The molecule has 0 fully saturated rings. The smallest absolute Gasteiger partial charge is 0.228 e. The van der Waals surface area contributed by atoms with E-state index in [1.807, 2.05) is 31.2 Å². The molecular formula is C17H18ClNO3. The third kappa shape index (κ3) is 3.92. The molecule has 0 aromatic heterocycles. The second kappa shape index (κ2) is 7.18. The van der Waals surface area contributed by atoms with Crippen LogP contribution in [0.5, 0.6) is 11.5 Å². The number of amides is 1. The summed E-state index contributed by atoms with van der Waals surface area (Å²) >= 11 is 6.09. The number of halogens is 1. The first-order valence-corrected chi connectivity index (χ1v) is 7.18. The van der Waals surface area contributed by atoms with Crippen molar-refractivity contribution in [2.75, 3.05) is 19.5 Å². The van der Waals surface area contributed by atoms with Crippen LogP contribution in [0.4, 0.5) is 5.69 Å².